The fraction of sp³-hybridized carbons (Fsp3) is 0.600. The van der Waals surface area contributed by atoms with Gasteiger partial charge in [-0.25, -0.2) is 8.78 Å². The van der Waals surface area contributed by atoms with Gasteiger partial charge in [-0.3, -0.25) is 0 Å². The highest BCUT2D eigenvalue weighted by Crippen LogP contribution is 2.25. The van der Waals surface area contributed by atoms with E-state index in [4.69, 9.17) is 0 Å². The summed E-state index contributed by atoms with van der Waals surface area (Å²) in [4.78, 5) is 0. The molecule has 20 heavy (non-hydrogen) atoms. The quantitative estimate of drug-likeness (QED) is 0.753. The van der Waals surface area contributed by atoms with Crippen molar-refractivity contribution in [2.45, 2.75) is 45.4 Å². The zero-order valence-electron chi connectivity index (χ0n) is 12.3. The third-order valence-corrected chi connectivity index (χ3v) is 3.30. The van der Waals surface area contributed by atoms with Crippen LogP contribution in [-0.4, -0.2) is 28.4 Å². The van der Waals surface area contributed by atoms with Crippen LogP contribution < -0.4 is 5.32 Å². The summed E-state index contributed by atoms with van der Waals surface area (Å²) in [5.74, 6) is -1.87. The maximum absolute atomic E-state index is 13.3. The van der Waals surface area contributed by atoms with Crippen molar-refractivity contribution >= 4 is 0 Å². The number of aliphatic hydroxyl groups excluding tert-OH is 2. The molecule has 0 saturated carbocycles. The molecule has 0 spiro atoms. The highest BCUT2D eigenvalue weighted by molar-refractivity contribution is 5.21. The first-order valence-corrected chi connectivity index (χ1v) is 6.69. The van der Waals surface area contributed by atoms with Crippen LogP contribution in [0.4, 0.5) is 8.78 Å². The van der Waals surface area contributed by atoms with Gasteiger partial charge < -0.3 is 15.5 Å². The zero-order chi connectivity index (χ0) is 15.5. The minimum absolute atomic E-state index is 0.0453. The van der Waals surface area contributed by atoms with E-state index in [0.29, 0.717) is 5.56 Å². The first-order valence-electron chi connectivity index (χ1n) is 6.69. The molecule has 0 aliphatic heterocycles. The van der Waals surface area contributed by atoms with Crippen molar-refractivity contribution in [1.29, 1.82) is 0 Å². The Labute approximate surface area is 118 Å². The summed E-state index contributed by atoms with van der Waals surface area (Å²) in [6.07, 6.45) is -0.990. The molecule has 0 amide bonds. The van der Waals surface area contributed by atoms with Crippen LogP contribution in [0.25, 0.3) is 0 Å². The number of hydrogen-bond donors (Lipinski definition) is 3. The van der Waals surface area contributed by atoms with Gasteiger partial charge in [-0.05, 0) is 37.5 Å². The molecule has 1 rings (SSSR count). The number of rotatable bonds is 6. The Hall–Kier alpha value is -1.04. The normalized spacial score (nSPS) is 15.4. The van der Waals surface area contributed by atoms with Crippen LogP contribution in [0.2, 0.25) is 0 Å². The van der Waals surface area contributed by atoms with E-state index in [1.54, 1.807) is 13.8 Å². The van der Waals surface area contributed by atoms with E-state index >= 15 is 0 Å². The second kappa shape index (κ2) is 6.61. The lowest BCUT2D eigenvalue weighted by atomic mass is 9.90. The second-order valence-electron chi connectivity index (χ2n) is 6.07. The van der Waals surface area contributed by atoms with Crippen LogP contribution in [-0.2, 0) is 0 Å². The molecule has 0 aliphatic rings. The fourth-order valence-corrected chi connectivity index (χ4v) is 2.01. The van der Waals surface area contributed by atoms with Crippen molar-refractivity contribution in [3.63, 3.8) is 0 Å². The third kappa shape index (κ3) is 4.23. The molecule has 0 saturated heterocycles. The van der Waals surface area contributed by atoms with E-state index in [-0.39, 0.29) is 18.6 Å². The largest absolute Gasteiger partial charge is 0.394 e. The van der Waals surface area contributed by atoms with E-state index < -0.39 is 23.3 Å². The molecular formula is C15H23F2NO2. The van der Waals surface area contributed by atoms with Crippen molar-refractivity contribution in [2.24, 2.45) is 5.92 Å². The van der Waals surface area contributed by atoms with Crippen LogP contribution in [0.3, 0.4) is 0 Å². The van der Waals surface area contributed by atoms with E-state index in [0.717, 1.165) is 12.1 Å². The summed E-state index contributed by atoms with van der Waals surface area (Å²) in [6.45, 7) is 7.34. The summed E-state index contributed by atoms with van der Waals surface area (Å²) < 4.78 is 26.2. The molecule has 0 aromatic heterocycles. The van der Waals surface area contributed by atoms with Gasteiger partial charge in [0.25, 0.3) is 0 Å². The highest BCUT2D eigenvalue weighted by Gasteiger charge is 2.30. The fourth-order valence-electron chi connectivity index (χ4n) is 2.01. The molecule has 0 heterocycles. The number of halogens is 2. The average Bonchev–Trinajstić information content (AvgIpc) is 2.38. The molecule has 1 aromatic rings. The summed E-state index contributed by atoms with van der Waals surface area (Å²) >= 11 is 0. The number of aliphatic hydroxyl groups is 2. The topological polar surface area (TPSA) is 52.5 Å². The summed E-state index contributed by atoms with van der Waals surface area (Å²) in [5, 5.41) is 22.9. The highest BCUT2D eigenvalue weighted by atomic mass is 19.2. The van der Waals surface area contributed by atoms with Gasteiger partial charge in [0.2, 0.25) is 0 Å². The Balaban J connectivity index is 2.99. The van der Waals surface area contributed by atoms with E-state index in [1.165, 1.54) is 6.07 Å². The predicted molar refractivity (Wildman–Crippen MR) is 74.2 cm³/mol. The van der Waals surface area contributed by atoms with Crippen molar-refractivity contribution in [3.05, 3.63) is 35.4 Å². The average molecular weight is 287 g/mol. The van der Waals surface area contributed by atoms with Gasteiger partial charge in [0.05, 0.1) is 12.7 Å². The van der Waals surface area contributed by atoms with Crippen molar-refractivity contribution < 1.29 is 19.0 Å². The number of benzene rings is 1. The summed E-state index contributed by atoms with van der Waals surface area (Å²) in [7, 11) is 0. The first-order chi connectivity index (χ1) is 9.18. The van der Waals surface area contributed by atoms with Gasteiger partial charge in [0.1, 0.15) is 0 Å². The van der Waals surface area contributed by atoms with Gasteiger partial charge >= 0.3 is 0 Å². The Morgan fingerprint density at radius 3 is 2.25 bits per heavy atom. The van der Waals surface area contributed by atoms with Gasteiger partial charge in [-0.2, -0.15) is 0 Å². The minimum atomic E-state index is -0.990. The zero-order valence-corrected chi connectivity index (χ0v) is 12.3. The van der Waals surface area contributed by atoms with Crippen LogP contribution in [0, 0.1) is 17.6 Å². The molecule has 0 fully saturated rings. The lowest BCUT2D eigenvalue weighted by Gasteiger charge is -2.35. The van der Waals surface area contributed by atoms with Crippen LogP contribution in [0.1, 0.15) is 39.4 Å². The van der Waals surface area contributed by atoms with Gasteiger partial charge in [0.15, 0.2) is 11.6 Å². The molecule has 0 radical (unpaired) electrons. The molecule has 3 N–H and O–H groups in total. The lowest BCUT2D eigenvalue weighted by Crippen LogP contribution is -2.52. The monoisotopic (exact) mass is 287 g/mol. The maximum Gasteiger partial charge on any atom is 0.159 e. The molecule has 0 bridgehead atoms. The van der Waals surface area contributed by atoms with Gasteiger partial charge in [-0.1, -0.05) is 19.9 Å². The molecule has 3 nitrogen and oxygen atoms in total. The summed E-state index contributed by atoms with van der Waals surface area (Å²) in [6, 6.07) is 2.99. The molecule has 114 valence electrons. The SMILES string of the molecule is CC(C)C(NC(C)(C)CO)C(O)c1ccc(F)c(F)c1. The first kappa shape index (κ1) is 17.0. The standard InChI is InChI=1S/C15H23F2NO2/c1-9(2)13(18-15(3,4)8-19)14(20)10-5-6-11(16)12(17)7-10/h5-7,9,13-14,18-20H,8H2,1-4H3. The van der Waals surface area contributed by atoms with Gasteiger partial charge in [-0.15, -0.1) is 0 Å². The molecule has 1 aromatic carbocycles. The van der Waals surface area contributed by atoms with Crippen molar-refractivity contribution in [3.8, 4) is 0 Å². The predicted octanol–water partition coefficient (Wildman–Crippen LogP) is 2.38. The third-order valence-electron chi connectivity index (χ3n) is 3.30. The molecule has 2 atom stereocenters. The smallest absolute Gasteiger partial charge is 0.159 e. The van der Waals surface area contributed by atoms with Crippen LogP contribution in [0.5, 0.6) is 0 Å². The Morgan fingerprint density at radius 2 is 1.80 bits per heavy atom. The summed E-state index contributed by atoms with van der Waals surface area (Å²) in [5.41, 5.74) is -0.266. The number of hydrogen-bond acceptors (Lipinski definition) is 3. The number of nitrogens with one attached hydrogen (secondary N) is 1. The lowest BCUT2D eigenvalue weighted by molar-refractivity contribution is 0.0710. The van der Waals surface area contributed by atoms with Crippen LogP contribution >= 0.6 is 0 Å². The molecule has 0 aliphatic carbocycles. The maximum atomic E-state index is 13.3. The van der Waals surface area contributed by atoms with E-state index in [2.05, 4.69) is 5.32 Å². The molecule has 5 heteroatoms. The van der Waals surface area contributed by atoms with E-state index in [1.807, 2.05) is 13.8 Å². The van der Waals surface area contributed by atoms with Crippen molar-refractivity contribution in [2.75, 3.05) is 6.61 Å². The Bertz CT molecular complexity index is 449. The van der Waals surface area contributed by atoms with E-state index in [9.17, 15) is 19.0 Å². The Kier molecular flexibility index (Phi) is 5.62. The molecule has 2 unspecified atom stereocenters. The van der Waals surface area contributed by atoms with Gasteiger partial charge in [0, 0.05) is 11.6 Å². The van der Waals surface area contributed by atoms with Crippen LogP contribution in [0.15, 0.2) is 18.2 Å². The Morgan fingerprint density at radius 1 is 1.20 bits per heavy atom. The van der Waals surface area contributed by atoms with Crippen molar-refractivity contribution in [1.82, 2.24) is 5.32 Å². The second-order valence-corrected chi connectivity index (χ2v) is 6.07. The molecular weight excluding hydrogens is 264 g/mol. The minimum Gasteiger partial charge on any atom is -0.394 e.